The van der Waals surface area contributed by atoms with Crippen LogP contribution in [0, 0.1) is 0 Å². The molecule has 72 valence electrons. The third kappa shape index (κ3) is 1.62. The van der Waals surface area contributed by atoms with E-state index in [4.69, 9.17) is 0 Å². The Bertz CT molecular complexity index is 412. The van der Waals surface area contributed by atoms with Crippen molar-refractivity contribution in [1.29, 1.82) is 0 Å². The molecule has 0 amide bonds. The highest BCUT2D eigenvalue weighted by Crippen LogP contribution is 2.17. The van der Waals surface area contributed by atoms with Gasteiger partial charge in [-0.25, -0.2) is 9.97 Å². The van der Waals surface area contributed by atoms with E-state index in [1.165, 1.54) is 6.33 Å². The summed E-state index contributed by atoms with van der Waals surface area (Å²) < 4.78 is 1.64. The van der Waals surface area contributed by atoms with Gasteiger partial charge < -0.3 is 5.11 Å². The van der Waals surface area contributed by atoms with Crippen LogP contribution in [0.5, 0.6) is 0 Å². The van der Waals surface area contributed by atoms with E-state index in [0.717, 1.165) is 0 Å². The maximum absolute atomic E-state index is 9.85. The van der Waals surface area contributed by atoms with E-state index >= 15 is 0 Å². The van der Waals surface area contributed by atoms with E-state index in [9.17, 15) is 5.11 Å². The SMILES string of the molecule is Cn1ccc(C(O)c2cncnc2)n1. The smallest absolute Gasteiger partial charge is 0.126 e. The van der Waals surface area contributed by atoms with E-state index in [2.05, 4.69) is 15.1 Å². The average Bonchev–Trinajstić information content (AvgIpc) is 2.65. The maximum Gasteiger partial charge on any atom is 0.126 e. The van der Waals surface area contributed by atoms with Gasteiger partial charge in [-0.2, -0.15) is 5.10 Å². The van der Waals surface area contributed by atoms with E-state index in [-0.39, 0.29) is 0 Å². The van der Waals surface area contributed by atoms with Crippen LogP contribution in [0.4, 0.5) is 0 Å². The Kier molecular flexibility index (Phi) is 2.24. The molecule has 1 unspecified atom stereocenters. The molecule has 2 aromatic heterocycles. The summed E-state index contributed by atoms with van der Waals surface area (Å²) in [5.41, 5.74) is 1.24. The van der Waals surface area contributed by atoms with E-state index in [1.807, 2.05) is 0 Å². The number of hydrogen-bond acceptors (Lipinski definition) is 4. The topological polar surface area (TPSA) is 63.8 Å². The molecule has 0 aliphatic rings. The highest BCUT2D eigenvalue weighted by molar-refractivity contribution is 5.19. The van der Waals surface area contributed by atoms with Crippen molar-refractivity contribution >= 4 is 0 Å². The quantitative estimate of drug-likeness (QED) is 0.739. The Hall–Kier alpha value is -1.75. The number of aliphatic hydroxyl groups excluding tert-OH is 1. The summed E-state index contributed by atoms with van der Waals surface area (Å²) in [6.45, 7) is 0. The van der Waals surface area contributed by atoms with E-state index < -0.39 is 6.10 Å². The Balaban J connectivity index is 2.29. The summed E-state index contributed by atoms with van der Waals surface area (Å²) in [5, 5.41) is 13.9. The molecule has 1 atom stereocenters. The second-order valence-corrected chi connectivity index (χ2v) is 2.99. The van der Waals surface area contributed by atoms with Crippen LogP contribution in [-0.4, -0.2) is 24.9 Å². The molecule has 0 radical (unpaired) electrons. The fourth-order valence-electron chi connectivity index (χ4n) is 1.20. The molecule has 2 rings (SSSR count). The molecule has 0 fully saturated rings. The normalized spacial score (nSPS) is 12.7. The van der Waals surface area contributed by atoms with Gasteiger partial charge in [0.2, 0.25) is 0 Å². The number of nitrogens with zero attached hydrogens (tertiary/aromatic N) is 4. The van der Waals surface area contributed by atoms with Gasteiger partial charge in [-0.1, -0.05) is 0 Å². The molecule has 2 heterocycles. The van der Waals surface area contributed by atoms with Crippen LogP contribution in [0.25, 0.3) is 0 Å². The van der Waals surface area contributed by atoms with Crippen LogP contribution in [0.15, 0.2) is 31.0 Å². The van der Waals surface area contributed by atoms with E-state index in [1.54, 1.807) is 36.4 Å². The predicted molar refractivity (Wildman–Crippen MR) is 49.3 cm³/mol. The monoisotopic (exact) mass is 190 g/mol. The molecule has 0 bridgehead atoms. The van der Waals surface area contributed by atoms with E-state index in [0.29, 0.717) is 11.3 Å². The zero-order chi connectivity index (χ0) is 9.97. The van der Waals surface area contributed by atoms with Crippen molar-refractivity contribution in [3.8, 4) is 0 Å². The second kappa shape index (κ2) is 3.55. The third-order valence-corrected chi connectivity index (χ3v) is 1.91. The molecule has 1 N–H and O–H groups in total. The Morgan fingerprint density at radius 2 is 2.07 bits per heavy atom. The molecule has 0 spiro atoms. The number of rotatable bonds is 2. The third-order valence-electron chi connectivity index (χ3n) is 1.91. The average molecular weight is 190 g/mol. The molecule has 0 saturated heterocycles. The number of aryl methyl sites for hydroxylation is 1. The summed E-state index contributed by atoms with van der Waals surface area (Å²) >= 11 is 0. The standard InChI is InChI=1S/C9H10N4O/c1-13-3-2-8(12-13)9(14)7-4-10-6-11-5-7/h2-6,9,14H,1H3. The molecule has 0 aromatic carbocycles. The van der Waals surface area contributed by atoms with Crippen LogP contribution < -0.4 is 0 Å². The molecule has 0 aliphatic carbocycles. The van der Waals surface area contributed by atoms with Crippen LogP contribution in [0.1, 0.15) is 17.4 Å². The van der Waals surface area contributed by atoms with Crippen molar-refractivity contribution < 1.29 is 5.11 Å². The fraction of sp³-hybridized carbons (Fsp3) is 0.222. The lowest BCUT2D eigenvalue weighted by Gasteiger charge is -2.05. The van der Waals surface area contributed by atoms with Gasteiger partial charge in [-0.05, 0) is 6.07 Å². The lowest BCUT2D eigenvalue weighted by atomic mass is 10.1. The summed E-state index contributed by atoms with van der Waals surface area (Å²) in [5.74, 6) is 0. The molecule has 0 aliphatic heterocycles. The Labute approximate surface area is 81.1 Å². The molecule has 5 nitrogen and oxygen atoms in total. The van der Waals surface area contributed by atoms with Gasteiger partial charge in [0.05, 0.1) is 5.69 Å². The van der Waals surface area contributed by atoms with Crippen LogP contribution in [0.2, 0.25) is 0 Å². The summed E-state index contributed by atoms with van der Waals surface area (Å²) in [7, 11) is 1.80. The zero-order valence-electron chi connectivity index (χ0n) is 7.70. The molecule has 2 aromatic rings. The van der Waals surface area contributed by atoms with Crippen molar-refractivity contribution in [2.45, 2.75) is 6.10 Å². The first kappa shape index (κ1) is 8.83. The molecular formula is C9H10N4O. The molecule has 14 heavy (non-hydrogen) atoms. The largest absolute Gasteiger partial charge is 0.382 e. The minimum Gasteiger partial charge on any atom is -0.382 e. The number of hydrogen-bond donors (Lipinski definition) is 1. The van der Waals surface area contributed by atoms with Crippen molar-refractivity contribution in [3.63, 3.8) is 0 Å². The first-order chi connectivity index (χ1) is 6.77. The number of aromatic nitrogens is 4. The van der Waals surface area contributed by atoms with Gasteiger partial charge >= 0.3 is 0 Å². The van der Waals surface area contributed by atoms with Gasteiger partial charge in [-0.3, -0.25) is 4.68 Å². The van der Waals surface area contributed by atoms with Crippen molar-refractivity contribution in [2.24, 2.45) is 7.05 Å². The predicted octanol–water partition coefficient (Wildman–Crippen LogP) is 0.292. The first-order valence-electron chi connectivity index (χ1n) is 4.20. The molecule has 5 heteroatoms. The van der Waals surface area contributed by atoms with Crippen LogP contribution in [0.3, 0.4) is 0 Å². The van der Waals surface area contributed by atoms with Crippen LogP contribution in [-0.2, 0) is 7.05 Å². The highest BCUT2D eigenvalue weighted by atomic mass is 16.3. The van der Waals surface area contributed by atoms with Gasteiger partial charge in [0.25, 0.3) is 0 Å². The van der Waals surface area contributed by atoms with Crippen molar-refractivity contribution in [3.05, 3.63) is 42.2 Å². The van der Waals surface area contributed by atoms with Gasteiger partial charge in [0.1, 0.15) is 12.4 Å². The van der Waals surface area contributed by atoms with Gasteiger partial charge in [0.15, 0.2) is 0 Å². The second-order valence-electron chi connectivity index (χ2n) is 2.99. The molecule has 0 saturated carbocycles. The lowest BCUT2D eigenvalue weighted by Crippen LogP contribution is -2.02. The number of aliphatic hydroxyl groups is 1. The van der Waals surface area contributed by atoms with Crippen molar-refractivity contribution in [2.75, 3.05) is 0 Å². The van der Waals surface area contributed by atoms with Crippen molar-refractivity contribution in [1.82, 2.24) is 19.7 Å². The van der Waals surface area contributed by atoms with Gasteiger partial charge in [0, 0.05) is 31.2 Å². The Morgan fingerprint density at radius 1 is 1.36 bits per heavy atom. The zero-order valence-corrected chi connectivity index (χ0v) is 7.70. The lowest BCUT2D eigenvalue weighted by molar-refractivity contribution is 0.213. The molecular weight excluding hydrogens is 180 g/mol. The summed E-state index contributed by atoms with van der Waals surface area (Å²) in [6.07, 6.45) is 5.60. The first-order valence-corrected chi connectivity index (χ1v) is 4.20. The van der Waals surface area contributed by atoms with Crippen LogP contribution >= 0.6 is 0 Å². The maximum atomic E-state index is 9.85. The highest BCUT2D eigenvalue weighted by Gasteiger charge is 2.12. The fourth-order valence-corrected chi connectivity index (χ4v) is 1.20. The van der Waals surface area contributed by atoms with Gasteiger partial charge in [-0.15, -0.1) is 0 Å². The minimum atomic E-state index is -0.752. The summed E-state index contributed by atoms with van der Waals surface area (Å²) in [4.78, 5) is 7.66. The minimum absolute atomic E-state index is 0.599. The Morgan fingerprint density at radius 3 is 2.64 bits per heavy atom. The summed E-state index contributed by atoms with van der Waals surface area (Å²) in [6, 6.07) is 1.76.